The molecule has 0 bridgehead atoms. The van der Waals surface area contributed by atoms with Gasteiger partial charge in [-0.3, -0.25) is 4.79 Å². The Kier molecular flexibility index (Phi) is 7.86. The van der Waals surface area contributed by atoms with Crippen molar-refractivity contribution in [3.05, 3.63) is 97.4 Å². The molecule has 0 fully saturated rings. The van der Waals surface area contributed by atoms with Crippen LogP contribution in [0, 0.1) is 0 Å². The maximum atomic E-state index is 12.4. The third kappa shape index (κ3) is 6.35. The first-order valence-corrected chi connectivity index (χ1v) is 11.8. The standard InChI is InChI=1S/C21H15Cl4NO4S/c22-16-6-5-15(18(24)9-16)12-30-11-13-1-3-14(4-2-13)21(27)26-31(28,29)20-8-7-17(23)10-19(20)25/h1-10H,11-12H2,(H,26,27). The zero-order valence-electron chi connectivity index (χ0n) is 15.7. The van der Waals surface area contributed by atoms with E-state index >= 15 is 0 Å². The predicted octanol–water partition coefficient (Wildman–Crippen LogP) is 6.14. The van der Waals surface area contributed by atoms with Crippen molar-refractivity contribution in [2.45, 2.75) is 18.1 Å². The minimum absolute atomic E-state index is 0.0823. The Morgan fingerprint density at radius 1 is 0.806 bits per heavy atom. The third-order valence-corrected chi connectivity index (χ3v) is 6.80. The highest BCUT2D eigenvalue weighted by Gasteiger charge is 2.21. The second-order valence-corrected chi connectivity index (χ2v) is 9.77. The quantitative estimate of drug-likeness (QED) is 0.408. The van der Waals surface area contributed by atoms with Crippen LogP contribution in [0.25, 0.3) is 0 Å². The smallest absolute Gasteiger partial charge is 0.265 e. The van der Waals surface area contributed by atoms with Crippen LogP contribution in [-0.2, 0) is 28.0 Å². The average Bonchev–Trinajstić information content (AvgIpc) is 2.69. The van der Waals surface area contributed by atoms with E-state index in [1.165, 1.54) is 30.3 Å². The van der Waals surface area contributed by atoms with Gasteiger partial charge in [-0.15, -0.1) is 0 Å². The van der Waals surface area contributed by atoms with Crippen LogP contribution in [0.4, 0.5) is 0 Å². The maximum Gasteiger partial charge on any atom is 0.265 e. The van der Waals surface area contributed by atoms with Crippen LogP contribution in [0.3, 0.4) is 0 Å². The molecule has 0 aliphatic carbocycles. The minimum atomic E-state index is -4.15. The van der Waals surface area contributed by atoms with Crippen LogP contribution < -0.4 is 4.72 Å². The normalized spacial score (nSPS) is 11.4. The van der Waals surface area contributed by atoms with Crippen molar-refractivity contribution in [3.8, 4) is 0 Å². The van der Waals surface area contributed by atoms with E-state index in [0.717, 1.165) is 11.1 Å². The Morgan fingerprint density at radius 2 is 1.42 bits per heavy atom. The minimum Gasteiger partial charge on any atom is -0.372 e. The van der Waals surface area contributed by atoms with Crippen molar-refractivity contribution in [3.63, 3.8) is 0 Å². The third-order valence-electron chi connectivity index (χ3n) is 4.17. The highest BCUT2D eigenvalue weighted by atomic mass is 35.5. The van der Waals surface area contributed by atoms with Crippen LogP contribution in [0.5, 0.6) is 0 Å². The van der Waals surface area contributed by atoms with E-state index in [9.17, 15) is 13.2 Å². The molecule has 0 saturated carbocycles. The van der Waals surface area contributed by atoms with Crippen molar-refractivity contribution in [2.75, 3.05) is 0 Å². The first-order valence-electron chi connectivity index (χ1n) is 8.78. The van der Waals surface area contributed by atoms with Gasteiger partial charge in [0.2, 0.25) is 0 Å². The van der Waals surface area contributed by atoms with Gasteiger partial charge in [-0.25, -0.2) is 13.1 Å². The van der Waals surface area contributed by atoms with E-state index in [-0.39, 0.29) is 27.1 Å². The van der Waals surface area contributed by atoms with Gasteiger partial charge in [0.25, 0.3) is 15.9 Å². The molecule has 0 radical (unpaired) electrons. The number of halogens is 4. The van der Waals surface area contributed by atoms with Crippen molar-refractivity contribution >= 4 is 62.3 Å². The summed E-state index contributed by atoms with van der Waals surface area (Å²) in [4.78, 5) is 12.1. The zero-order valence-corrected chi connectivity index (χ0v) is 19.6. The predicted molar refractivity (Wildman–Crippen MR) is 123 cm³/mol. The number of carbonyl (C=O) groups excluding carboxylic acids is 1. The number of ether oxygens (including phenoxy) is 1. The Morgan fingerprint density at radius 3 is 2.03 bits per heavy atom. The highest BCUT2D eigenvalue weighted by molar-refractivity contribution is 7.90. The van der Waals surface area contributed by atoms with Crippen LogP contribution >= 0.6 is 46.4 Å². The maximum absolute atomic E-state index is 12.4. The molecular weight excluding hydrogens is 504 g/mol. The summed E-state index contributed by atoms with van der Waals surface area (Å²) in [5, 5.41) is 1.26. The van der Waals surface area contributed by atoms with Gasteiger partial charge in [0.1, 0.15) is 4.90 Å². The van der Waals surface area contributed by atoms with E-state index in [1.54, 1.807) is 30.3 Å². The van der Waals surface area contributed by atoms with E-state index in [4.69, 9.17) is 51.1 Å². The van der Waals surface area contributed by atoms with Gasteiger partial charge in [0.15, 0.2) is 0 Å². The monoisotopic (exact) mass is 517 g/mol. The SMILES string of the molecule is O=C(NS(=O)(=O)c1ccc(Cl)cc1Cl)c1ccc(COCc2ccc(Cl)cc2Cl)cc1. The van der Waals surface area contributed by atoms with E-state index in [2.05, 4.69) is 0 Å². The Balaban J connectivity index is 1.60. The van der Waals surface area contributed by atoms with Gasteiger partial charge in [0.05, 0.1) is 18.2 Å². The molecule has 1 amide bonds. The molecule has 0 unspecified atom stereocenters. The molecule has 0 saturated heterocycles. The molecule has 3 aromatic carbocycles. The molecule has 5 nitrogen and oxygen atoms in total. The van der Waals surface area contributed by atoms with Gasteiger partial charge in [-0.05, 0) is 53.6 Å². The first-order chi connectivity index (χ1) is 14.7. The van der Waals surface area contributed by atoms with Crippen molar-refractivity contribution in [2.24, 2.45) is 0 Å². The number of carbonyl (C=O) groups is 1. The lowest BCUT2D eigenvalue weighted by molar-refractivity contribution is 0.0980. The number of benzene rings is 3. The fourth-order valence-electron chi connectivity index (χ4n) is 2.60. The van der Waals surface area contributed by atoms with Crippen molar-refractivity contribution in [1.29, 1.82) is 0 Å². The molecule has 3 aromatic rings. The summed E-state index contributed by atoms with van der Waals surface area (Å²) in [7, 11) is -4.15. The Labute approximate surface area is 199 Å². The lowest BCUT2D eigenvalue weighted by atomic mass is 10.1. The lowest BCUT2D eigenvalue weighted by Crippen LogP contribution is -2.30. The molecular formula is C21H15Cl4NO4S. The molecule has 0 spiro atoms. The summed E-state index contributed by atoms with van der Waals surface area (Å²) >= 11 is 23.7. The summed E-state index contributed by atoms with van der Waals surface area (Å²) in [6.07, 6.45) is 0. The molecule has 0 aliphatic rings. The largest absolute Gasteiger partial charge is 0.372 e. The molecule has 1 N–H and O–H groups in total. The summed E-state index contributed by atoms with van der Waals surface area (Å²) in [5.74, 6) is -0.786. The molecule has 0 atom stereocenters. The molecule has 10 heteroatoms. The van der Waals surface area contributed by atoms with E-state index in [0.29, 0.717) is 16.7 Å². The van der Waals surface area contributed by atoms with Gasteiger partial charge in [-0.2, -0.15) is 0 Å². The molecule has 0 aromatic heterocycles. The summed E-state index contributed by atoms with van der Waals surface area (Å²) in [5.41, 5.74) is 1.76. The fourth-order valence-corrected chi connectivity index (χ4v) is 4.81. The molecule has 31 heavy (non-hydrogen) atoms. The number of hydrogen-bond acceptors (Lipinski definition) is 4. The highest BCUT2D eigenvalue weighted by Crippen LogP contribution is 2.25. The number of sulfonamides is 1. The lowest BCUT2D eigenvalue weighted by Gasteiger charge is -2.10. The topological polar surface area (TPSA) is 72.5 Å². The molecule has 162 valence electrons. The number of nitrogens with one attached hydrogen (secondary N) is 1. The summed E-state index contributed by atoms with van der Waals surface area (Å²) in [6, 6.07) is 15.4. The van der Waals surface area contributed by atoms with Gasteiger partial charge < -0.3 is 4.74 Å². The van der Waals surface area contributed by atoms with Crippen molar-refractivity contribution < 1.29 is 17.9 Å². The molecule has 0 aliphatic heterocycles. The van der Waals surface area contributed by atoms with Gasteiger partial charge in [0, 0.05) is 20.6 Å². The van der Waals surface area contributed by atoms with Crippen molar-refractivity contribution in [1.82, 2.24) is 4.72 Å². The fraction of sp³-hybridized carbons (Fsp3) is 0.0952. The zero-order chi connectivity index (χ0) is 22.6. The number of amides is 1. The number of rotatable bonds is 7. The van der Waals surface area contributed by atoms with Crippen LogP contribution in [0.15, 0.2) is 65.6 Å². The molecule has 3 rings (SSSR count). The molecule has 0 heterocycles. The van der Waals surface area contributed by atoms with Crippen LogP contribution in [0.1, 0.15) is 21.5 Å². The van der Waals surface area contributed by atoms with E-state index in [1.807, 2.05) is 4.72 Å². The first kappa shape index (κ1) is 23.9. The Bertz CT molecular complexity index is 1210. The van der Waals surface area contributed by atoms with Gasteiger partial charge >= 0.3 is 0 Å². The number of hydrogen-bond donors (Lipinski definition) is 1. The summed E-state index contributed by atoms with van der Waals surface area (Å²) < 4.78 is 32.5. The summed E-state index contributed by atoms with van der Waals surface area (Å²) in [6.45, 7) is 0.567. The second kappa shape index (κ2) is 10.2. The van der Waals surface area contributed by atoms with Crippen LogP contribution in [-0.4, -0.2) is 14.3 Å². The van der Waals surface area contributed by atoms with Gasteiger partial charge in [-0.1, -0.05) is 64.6 Å². The van der Waals surface area contributed by atoms with Crippen LogP contribution in [0.2, 0.25) is 20.1 Å². The van der Waals surface area contributed by atoms with E-state index < -0.39 is 15.9 Å². The second-order valence-electron chi connectivity index (χ2n) is 6.43. The average molecular weight is 519 g/mol. The Hall–Kier alpha value is -1.80.